The van der Waals surface area contributed by atoms with Gasteiger partial charge in [-0.2, -0.15) is 0 Å². The van der Waals surface area contributed by atoms with Crippen LogP contribution in [-0.4, -0.2) is 17.7 Å². The van der Waals surface area contributed by atoms with Crippen LogP contribution in [0.2, 0.25) is 0 Å². The highest BCUT2D eigenvalue weighted by atomic mass is 16.3. The molecule has 1 aromatic rings. The summed E-state index contributed by atoms with van der Waals surface area (Å²) in [6, 6.07) is 7.26. The zero-order chi connectivity index (χ0) is 11.7. The summed E-state index contributed by atoms with van der Waals surface area (Å²) in [6.45, 7) is 0.933. The maximum absolute atomic E-state index is 10.1. The SMILES string of the molecule is OC(CCNC1CC1)c1ccc2c(c1)CCC2. The molecule has 0 saturated heterocycles. The van der Waals surface area contributed by atoms with Crippen LogP contribution in [0.15, 0.2) is 18.2 Å². The molecule has 3 rings (SSSR count). The van der Waals surface area contributed by atoms with Crippen LogP contribution in [0.1, 0.15) is 48.5 Å². The van der Waals surface area contributed by atoms with Crippen LogP contribution in [0, 0.1) is 0 Å². The number of benzene rings is 1. The number of rotatable bonds is 5. The van der Waals surface area contributed by atoms with Crippen molar-refractivity contribution in [1.29, 1.82) is 0 Å². The van der Waals surface area contributed by atoms with Gasteiger partial charge in [-0.3, -0.25) is 0 Å². The summed E-state index contributed by atoms with van der Waals surface area (Å²) < 4.78 is 0. The maximum atomic E-state index is 10.1. The highest BCUT2D eigenvalue weighted by Crippen LogP contribution is 2.26. The van der Waals surface area contributed by atoms with E-state index in [1.807, 2.05) is 0 Å². The highest BCUT2D eigenvalue weighted by molar-refractivity contribution is 5.36. The van der Waals surface area contributed by atoms with Gasteiger partial charge in [0.15, 0.2) is 0 Å². The second-order valence-corrected chi connectivity index (χ2v) is 5.41. The smallest absolute Gasteiger partial charge is 0.0802 e. The molecule has 2 aliphatic carbocycles. The summed E-state index contributed by atoms with van der Waals surface area (Å²) in [5, 5.41) is 13.6. The van der Waals surface area contributed by atoms with E-state index in [0.29, 0.717) is 0 Å². The Morgan fingerprint density at radius 2 is 2.06 bits per heavy atom. The second kappa shape index (κ2) is 4.79. The molecule has 92 valence electrons. The Hall–Kier alpha value is -0.860. The summed E-state index contributed by atoms with van der Waals surface area (Å²) in [4.78, 5) is 0. The van der Waals surface area contributed by atoms with Gasteiger partial charge in [-0.05, 0) is 61.8 Å². The van der Waals surface area contributed by atoms with Crippen molar-refractivity contribution in [2.45, 2.75) is 50.7 Å². The normalized spacial score (nSPS) is 20.3. The minimum atomic E-state index is -0.299. The Morgan fingerprint density at radius 3 is 2.88 bits per heavy atom. The van der Waals surface area contributed by atoms with Crippen LogP contribution in [-0.2, 0) is 12.8 Å². The third-order valence-electron chi connectivity index (χ3n) is 3.94. The van der Waals surface area contributed by atoms with E-state index in [-0.39, 0.29) is 6.10 Å². The Kier molecular flexibility index (Phi) is 3.17. The lowest BCUT2D eigenvalue weighted by Crippen LogP contribution is -2.19. The molecule has 0 amide bonds. The number of aryl methyl sites for hydroxylation is 2. The van der Waals surface area contributed by atoms with Gasteiger partial charge in [0.2, 0.25) is 0 Å². The van der Waals surface area contributed by atoms with Gasteiger partial charge in [0.25, 0.3) is 0 Å². The topological polar surface area (TPSA) is 32.3 Å². The molecule has 1 saturated carbocycles. The molecule has 1 unspecified atom stereocenters. The number of aliphatic hydroxyl groups excluding tert-OH is 1. The Morgan fingerprint density at radius 1 is 1.24 bits per heavy atom. The first kappa shape index (κ1) is 11.2. The zero-order valence-electron chi connectivity index (χ0n) is 10.3. The molecule has 1 fully saturated rings. The first-order chi connectivity index (χ1) is 8.33. The Balaban J connectivity index is 1.58. The van der Waals surface area contributed by atoms with Crippen molar-refractivity contribution < 1.29 is 5.11 Å². The summed E-state index contributed by atoms with van der Waals surface area (Å²) in [5.74, 6) is 0. The molecule has 0 radical (unpaired) electrons. The summed E-state index contributed by atoms with van der Waals surface area (Å²) in [6.07, 6.45) is 6.84. The fraction of sp³-hybridized carbons (Fsp3) is 0.600. The van der Waals surface area contributed by atoms with Gasteiger partial charge in [0.1, 0.15) is 0 Å². The number of hydrogen-bond donors (Lipinski definition) is 2. The van der Waals surface area contributed by atoms with Gasteiger partial charge in [0, 0.05) is 6.04 Å². The molecule has 2 N–H and O–H groups in total. The Bertz CT molecular complexity index is 398. The van der Waals surface area contributed by atoms with Crippen molar-refractivity contribution in [3.8, 4) is 0 Å². The van der Waals surface area contributed by atoms with Crippen LogP contribution in [0.3, 0.4) is 0 Å². The molecule has 0 spiro atoms. The van der Waals surface area contributed by atoms with E-state index in [4.69, 9.17) is 0 Å². The van der Waals surface area contributed by atoms with Gasteiger partial charge in [-0.25, -0.2) is 0 Å². The zero-order valence-corrected chi connectivity index (χ0v) is 10.3. The van der Waals surface area contributed by atoms with Crippen molar-refractivity contribution >= 4 is 0 Å². The van der Waals surface area contributed by atoms with Crippen LogP contribution >= 0.6 is 0 Å². The van der Waals surface area contributed by atoms with Gasteiger partial charge in [-0.15, -0.1) is 0 Å². The predicted octanol–water partition coefficient (Wildman–Crippen LogP) is 2.35. The molecule has 0 aliphatic heterocycles. The molecule has 1 atom stereocenters. The van der Waals surface area contributed by atoms with E-state index in [1.165, 1.54) is 43.2 Å². The molecule has 0 heterocycles. The van der Waals surface area contributed by atoms with Crippen LogP contribution < -0.4 is 5.32 Å². The van der Waals surface area contributed by atoms with E-state index >= 15 is 0 Å². The number of hydrogen-bond acceptors (Lipinski definition) is 2. The molecule has 1 aromatic carbocycles. The van der Waals surface area contributed by atoms with Gasteiger partial charge < -0.3 is 10.4 Å². The van der Waals surface area contributed by atoms with Crippen LogP contribution in [0.4, 0.5) is 0 Å². The Labute approximate surface area is 103 Å². The van der Waals surface area contributed by atoms with Crippen molar-refractivity contribution in [3.05, 3.63) is 34.9 Å². The third-order valence-corrected chi connectivity index (χ3v) is 3.94. The summed E-state index contributed by atoms with van der Waals surface area (Å²) in [7, 11) is 0. The van der Waals surface area contributed by atoms with Gasteiger partial charge in [-0.1, -0.05) is 18.2 Å². The minimum Gasteiger partial charge on any atom is -0.388 e. The molecule has 2 nitrogen and oxygen atoms in total. The molecule has 17 heavy (non-hydrogen) atoms. The lowest BCUT2D eigenvalue weighted by molar-refractivity contribution is 0.166. The van der Waals surface area contributed by atoms with Crippen molar-refractivity contribution in [1.82, 2.24) is 5.32 Å². The second-order valence-electron chi connectivity index (χ2n) is 5.41. The van der Waals surface area contributed by atoms with Gasteiger partial charge >= 0.3 is 0 Å². The van der Waals surface area contributed by atoms with E-state index in [2.05, 4.69) is 23.5 Å². The van der Waals surface area contributed by atoms with Crippen LogP contribution in [0.5, 0.6) is 0 Å². The quantitative estimate of drug-likeness (QED) is 0.815. The van der Waals surface area contributed by atoms with Crippen molar-refractivity contribution in [2.24, 2.45) is 0 Å². The number of nitrogens with one attached hydrogen (secondary N) is 1. The predicted molar refractivity (Wildman–Crippen MR) is 69.1 cm³/mol. The largest absolute Gasteiger partial charge is 0.388 e. The van der Waals surface area contributed by atoms with E-state index < -0.39 is 0 Å². The fourth-order valence-corrected chi connectivity index (χ4v) is 2.68. The lowest BCUT2D eigenvalue weighted by atomic mass is 10.0. The maximum Gasteiger partial charge on any atom is 0.0802 e. The van der Waals surface area contributed by atoms with E-state index in [9.17, 15) is 5.11 Å². The molecular formula is C15H21NO. The van der Waals surface area contributed by atoms with E-state index in [0.717, 1.165) is 24.6 Å². The van der Waals surface area contributed by atoms with Crippen LogP contribution in [0.25, 0.3) is 0 Å². The fourth-order valence-electron chi connectivity index (χ4n) is 2.68. The standard InChI is InChI=1S/C15H21NO/c17-15(8-9-16-14-6-7-14)13-5-4-11-2-1-3-12(11)10-13/h4-5,10,14-17H,1-3,6-9H2. The third kappa shape index (κ3) is 2.70. The molecule has 2 aliphatic rings. The molecular weight excluding hydrogens is 210 g/mol. The highest BCUT2D eigenvalue weighted by Gasteiger charge is 2.20. The average molecular weight is 231 g/mol. The monoisotopic (exact) mass is 231 g/mol. The number of fused-ring (bicyclic) bond motifs is 1. The molecule has 2 heteroatoms. The number of aliphatic hydroxyl groups is 1. The molecule has 0 aromatic heterocycles. The van der Waals surface area contributed by atoms with Crippen molar-refractivity contribution in [3.63, 3.8) is 0 Å². The first-order valence-electron chi connectivity index (χ1n) is 6.86. The lowest BCUT2D eigenvalue weighted by Gasteiger charge is -2.13. The van der Waals surface area contributed by atoms with Crippen molar-refractivity contribution in [2.75, 3.05) is 6.54 Å². The first-order valence-corrected chi connectivity index (χ1v) is 6.86. The minimum absolute atomic E-state index is 0.299. The van der Waals surface area contributed by atoms with E-state index in [1.54, 1.807) is 0 Å². The van der Waals surface area contributed by atoms with Gasteiger partial charge in [0.05, 0.1) is 6.10 Å². The average Bonchev–Trinajstić information content (AvgIpc) is 3.04. The molecule has 0 bridgehead atoms. The summed E-state index contributed by atoms with van der Waals surface area (Å²) in [5.41, 5.74) is 4.04. The summed E-state index contributed by atoms with van der Waals surface area (Å²) >= 11 is 0.